The van der Waals surface area contributed by atoms with Gasteiger partial charge in [-0.15, -0.1) is 0 Å². The number of aryl methyl sites for hydroxylation is 2. The van der Waals surface area contributed by atoms with Gasteiger partial charge in [0.25, 0.3) is 15.9 Å². The molecule has 1 aromatic carbocycles. The van der Waals surface area contributed by atoms with Gasteiger partial charge in [0, 0.05) is 7.05 Å². The predicted molar refractivity (Wildman–Crippen MR) is 97.1 cm³/mol. The first-order chi connectivity index (χ1) is 11.5. The third kappa shape index (κ3) is 3.84. The molecule has 1 aromatic heterocycles. The van der Waals surface area contributed by atoms with Crippen molar-refractivity contribution in [3.05, 3.63) is 41.2 Å². The standard InChI is InChI=1S/C17H24N4O3S/c1-6-13-14(15(16(18)22)21(5)19-13)20-25(23,24)12-9-7-11(8-10-12)17(2,3)4/h7-10,20H,6H2,1-5H3,(H2,18,22). The molecule has 0 saturated heterocycles. The molecule has 0 aliphatic heterocycles. The summed E-state index contributed by atoms with van der Waals surface area (Å²) in [7, 11) is -2.31. The molecule has 0 spiro atoms. The first-order valence-corrected chi connectivity index (χ1v) is 9.44. The van der Waals surface area contributed by atoms with Gasteiger partial charge in [0.15, 0.2) is 0 Å². The molecular formula is C17H24N4O3S. The number of carbonyl (C=O) groups is 1. The summed E-state index contributed by atoms with van der Waals surface area (Å²) in [5.74, 6) is -0.740. The summed E-state index contributed by atoms with van der Waals surface area (Å²) in [5.41, 5.74) is 6.96. The van der Waals surface area contributed by atoms with Crippen molar-refractivity contribution in [1.29, 1.82) is 0 Å². The highest BCUT2D eigenvalue weighted by molar-refractivity contribution is 7.92. The molecule has 0 unspecified atom stereocenters. The molecule has 0 fully saturated rings. The highest BCUT2D eigenvalue weighted by atomic mass is 32.2. The van der Waals surface area contributed by atoms with Gasteiger partial charge in [-0.1, -0.05) is 39.8 Å². The molecule has 0 bridgehead atoms. The third-order valence-electron chi connectivity index (χ3n) is 3.96. The van der Waals surface area contributed by atoms with Gasteiger partial charge in [-0.3, -0.25) is 14.2 Å². The molecule has 2 aromatic rings. The third-order valence-corrected chi connectivity index (χ3v) is 5.32. The number of hydrogen-bond acceptors (Lipinski definition) is 4. The van der Waals surface area contributed by atoms with E-state index in [1.165, 1.54) is 4.68 Å². The Hall–Kier alpha value is -2.35. The van der Waals surface area contributed by atoms with Crippen LogP contribution >= 0.6 is 0 Å². The van der Waals surface area contributed by atoms with Crippen molar-refractivity contribution in [3.8, 4) is 0 Å². The molecule has 0 radical (unpaired) electrons. The molecule has 0 atom stereocenters. The number of anilines is 1. The van der Waals surface area contributed by atoms with E-state index in [0.717, 1.165) is 5.56 Å². The summed E-state index contributed by atoms with van der Waals surface area (Å²) in [6.07, 6.45) is 0.460. The molecule has 0 aliphatic carbocycles. The zero-order valence-electron chi connectivity index (χ0n) is 15.1. The molecular weight excluding hydrogens is 340 g/mol. The molecule has 3 N–H and O–H groups in total. The summed E-state index contributed by atoms with van der Waals surface area (Å²) in [5, 5.41) is 4.16. The van der Waals surface area contributed by atoms with E-state index in [0.29, 0.717) is 12.1 Å². The number of nitrogens with two attached hydrogens (primary N) is 1. The van der Waals surface area contributed by atoms with Gasteiger partial charge in [-0.05, 0) is 29.5 Å². The average molecular weight is 364 g/mol. The van der Waals surface area contributed by atoms with Crippen LogP contribution in [-0.2, 0) is 28.9 Å². The van der Waals surface area contributed by atoms with Gasteiger partial charge in [0.05, 0.1) is 10.6 Å². The quantitative estimate of drug-likeness (QED) is 0.848. The van der Waals surface area contributed by atoms with Crippen LogP contribution < -0.4 is 10.5 Å². The minimum absolute atomic E-state index is 0.0340. The molecule has 1 heterocycles. The molecule has 2 rings (SSSR count). The summed E-state index contributed by atoms with van der Waals surface area (Å²) < 4.78 is 29.2. The fourth-order valence-corrected chi connectivity index (χ4v) is 3.64. The van der Waals surface area contributed by atoms with Crippen LogP contribution in [0.25, 0.3) is 0 Å². The molecule has 8 heteroatoms. The van der Waals surface area contributed by atoms with Crippen molar-refractivity contribution >= 4 is 21.6 Å². The van der Waals surface area contributed by atoms with Crippen molar-refractivity contribution < 1.29 is 13.2 Å². The second-order valence-corrected chi connectivity index (χ2v) is 8.57. The van der Waals surface area contributed by atoms with Crippen molar-refractivity contribution in [1.82, 2.24) is 9.78 Å². The van der Waals surface area contributed by atoms with Crippen LogP contribution in [0.15, 0.2) is 29.2 Å². The second kappa shape index (κ2) is 6.51. The number of nitrogens with zero attached hydrogens (tertiary/aromatic N) is 2. The Morgan fingerprint density at radius 1 is 1.24 bits per heavy atom. The van der Waals surface area contributed by atoms with E-state index >= 15 is 0 Å². The maximum atomic E-state index is 12.7. The van der Waals surface area contributed by atoms with Gasteiger partial charge >= 0.3 is 0 Å². The molecule has 0 saturated carbocycles. The fourth-order valence-electron chi connectivity index (χ4n) is 2.54. The molecule has 0 aliphatic rings. The van der Waals surface area contributed by atoms with Gasteiger partial charge in [-0.2, -0.15) is 5.10 Å². The van der Waals surface area contributed by atoms with Crippen LogP contribution in [-0.4, -0.2) is 24.1 Å². The van der Waals surface area contributed by atoms with Crippen LogP contribution in [0.5, 0.6) is 0 Å². The summed E-state index contributed by atoms with van der Waals surface area (Å²) in [6, 6.07) is 6.67. The number of hydrogen-bond donors (Lipinski definition) is 2. The summed E-state index contributed by atoms with van der Waals surface area (Å²) in [6.45, 7) is 7.98. The zero-order valence-corrected chi connectivity index (χ0v) is 15.9. The van der Waals surface area contributed by atoms with E-state index in [1.54, 1.807) is 31.3 Å². The van der Waals surface area contributed by atoms with Crippen LogP contribution in [0.2, 0.25) is 0 Å². The van der Waals surface area contributed by atoms with Gasteiger partial charge < -0.3 is 5.73 Å². The van der Waals surface area contributed by atoms with Gasteiger partial charge in [0.1, 0.15) is 11.4 Å². The zero-order chi connectivity index (χ0) is 19.0. The lowest BCUT2D eigenvalue weighted by Gasteiger charge is -2.19. The van der Waals surface area contributed by atoms with Crippen LogP contribution in [0.4, 0.5) is 5.69 Å². The number of carbonyl (C=O) groups excluding carboxylic acids is 1. The van der Waals surface area contributed by atoms with Crippen LogP contribution in [0.3, 0.4) is 0 Å². The first-order valence-electron chi connectivity index (χ1n) is 7.96. The highest BCUT2D eigenvalue weighted by Gasteiger charge is 2.25. The maximum Gasteiger partial charge on any atom is 0.269 e. The number of benzene rings is 1. The van der Waals surface area contributed by atoms with Gasteiger partial charge in [0.2, 0.25) is 0 Å². The Kier molecular flexibility index (Phi) is 4.94. The van der Waals surface area contributed by atoms with E-state index in [2.05, 4.69) is 30.6 Å². The lowest BCUT2D eigenvalue weighted by Crippen LogP contribution is -2.21. The Morgan fingerprint density at radius 3 is 2.24 bits per heavy atom. The van der Waals surface area contributed by atoms with Gasteiger partial charge in [-0.25, -0.2) is 8.42 Å². The van der Waals surface area contributed by atoms with Crippen molar-refractivity contribution in [3.63, 3.8) is 0 Å². The maximum absolute atomic E-state index is 12.7. The minimum atomic E-state index is -3.86. The van der Waals surface area contributed by atoms with Crippen LogP contribution in [0, 0.1) is 0 Å². The van der Waals surface area contributed by atoms with Crippen molar-refractivity contribution in [2.75, 3.05) is 4.72 Å². The van der Waals surface area contributed by atoms with E-state index in [1.807, 2.05) is 6.92 Å². The number of sulfonamides is 1. The highest BCUT2D eigenvalue weighted by Crippen LogP contribution is 2.26. The largest absolute Gasteiger partial charge is 0.364 e. The Balaban J connectivity index is 2.45. The van der Waals surface area contributed by atoms with Crippen molar-refractivity contribution in [2.45, 2.75) is 44.4 Å². The fraction of sp³-hybridized carbons (Fsp3) is 0.412. The Bertz CT molecular complexity index is 891. The number of primary amides is 1. The Labute approximate surface area is 148 Å². The average Bonchev–Trinajstić information content (AvgIpc) is 2.81. The van der Waals surface area contributed by atoms with E-state index < -0.39 is 15.9 Å². The summed E-state index contributed by atoms with van der Waals surface area (Å²) in [4.78, 5) is 11.8. The number of amides is 1. The molecule has 136 valence electrons. The van der Waals surface area contributed by atoms with Crippen molar-refractivity contribution in [2.24, 2.45) is 12.8 Å². The molecule has 25 heavy (non-hydrogen) atoms. The predicted octanol–water partition coefficient (Wildman–Crippen LogP) is 2.18. The molecule has 7 nitrogen and oxygen atoms in total. The molecule has 1 amide bonds. The normalized spacial score (nSPS) is 12.2. The van der Waals surface area contributed by atoms with E-state index in [-0.39, 0.29) is 21.7 Å². The number of aromatic nitrogens is 2. The second-order valence-electron chi connectivity index (χ2n) is 6.89. The first kappa shape index (κ1) is 19.0. The monoisotopic (exact) mass is 364 g/mol. The number of rotatable bonds is 5. The number of nitrogens with one attached hydrogen (secondary N) is 1. The van der Waals surface area contributed by atoms with E-state index in [4.69, 9.17) is 5.73 Å². The lowest BCUT2D eigenvalue weighted by molar-refractivity contribution is 0.0992. The smallest absolute Gasteiger partial charge is 0.269 e. The Morgan fingerprint density at radius 2 is 1.80 bits per heavy atom. The van der Waals surface area contributed by atoms with Crippen LogP contribution in [0.1, 0.15) is 49.4 Å². The summed E-state index contributed by atoms with van der Waals surface area (Å²) >= 11 is 0. The van der Waals surface area contributed by atoms with E-state index in [9.17, 15) is 13.2 Å². The lowest BCUT2D eigenvalue weighted by atomic mass is 9.87. The SMILES string of the molecule is CCc1nn(C)c(C(N)=O)c1NS(=O)(=O)c1ccc(C(C)(C)C)cc1. The topological polar surface area (TPSA) is 107 Å². The minimum Gasteiger partial charge on any atom is -0.364 e.